The second-order valence-corrected chi connectivity index (χ2v) is 8.57. The summed E-state index contributed by atoms with van der Waals surface area (Å²) < 4.78 is 0. The minimum Gasteiger partial charge on any atom is -0.0654 e. The number of unbranched alkanes of at least 4 members (excludes halogenated alkanes) is 15. The van der Waals surface area contributed by atoms with Crippen LogP contribution in [0.2, 0.25) is 0 Å². The molecule has 1 aromatic rings. The summed E-state index contributed by atoms with van der Waals surface area (Å²) in [6.45, 7) is 4.59. The summed E-state index contributed by atoms with van der Waals surface area (Å²) in [5, 5.41) is 0. The Morgan fingerprint density at radius 1 is 0.407 bits per heavy atom. The van der Waals surface area contributed by atoms with Crippen LogP contribution in [0.15, 0.2) is 24.3 Å². The molecule has 0 heterocycles. The van der Waals surface area contributed by atoms with Gasteiger partial charge in [-0.2, -0.15) is 0 Å². The third kappa shape index (κ3) is 14.0. The van der Waals surface area contributed by atoms with Crippen molar-refractivity contribution in [2.75, 3.05) is 0 Å². The minimum atomic E-state index is 1.28. The molecule has 0 saturated heterocycles. The van der Waals surface area contributed by atoms with Crippen molar-refractivity contribution in [2.45, 2.75) is 136 Å². The standard InChI is InChI=1S/C27H48/c1-3-5-7-8-9-10-11-12-13-14-15-16-17-19-23-27-25-21-20-24-26(27)22-18-6-4-2/h20-21,24-25H,3-19,22-23H2,1-2H3. The Balaban J connectivity index is 1.93. The van der Waals surface area contributed by atoms with Crippen LogP contribution in [-0.2, 0) is 12.8 Å². The van der Waals surface area contributed by atoms with E-state index in [0.717, 1.165) is 0 Å². The lowest BCUT2D eigenvalue weighted by atomic mass is 9.97. The van der Waals surface area contributed by atoms with Crippen LogP contribution in [0.3, 0.4) is 0 Å². The van der Waals surface area contributed by atoms with Crippen molar-refractivity contribution >= 4 is 0 Å². The van der Waals surface area contributed by atoms with Gasteiger partial charge in [0.25, 0.3) is 0 Å². The zero-order chi connectivity index (χ0) is 19.4. The Hall–Kier alpha value is -0.780. The Morgan fingerprint density at radius 2 is 0.704 bits per heavy atom. The van der Waals surface area contributed by atoms with Crippen LogP contribution in [0.25, 0.3) is 0 Å². The van der Waals surface area contributed by atoms with Gasteiger partial charge in [0.2, 0.25) is 0 Å². The molecule has 1 aromatic carbocycles. The number of benzene rings is 1. The van der Waals surface area contributed by atoms with Crippen molar-refractivity contribution in [3.05, 3.63) is 35.4 Å². The molecular formula is C27H48. The van der Waals surface area contributed by atoms with E-state index in [4.69, 9.17) is 0 Å². The molecule has 0 fully saturated rings. The Labute approximate surface area is 171 Å². The van der Waals surface area contributed by atoms with E-state index in [2.05, 4.69) is 38.1 Å². The highest BCUT2D eigenvalue weighted by Crippen LogP contribution is 2.17. The molecule has 0 bridgehead atoms. The van der Waals surface area contributed by atoms with Crippen LogP contribution in [0.1, 0.15) is 134 Å². The van der Waals surface area contributed by atoms with Crippen LogP contribution in [-0.4, -0.2) is 0 Å². The summed E-state index contributed by atoms with van der Waals surface area (Å²) in [7, 11) is 0. The molecule has 0 radical (unpaired) electrons. The van der Waals surface area contributed by atoms with Gasteiger partial charge in [0, 0.05) is 0 Å². The highest BCUT2D eigenvalue weighted by molar-refractivity contribution is 5.27. The highest BCUT2D eigenvalue weighted by atomic mass is 14.1. The molecule has 0 aliphatic heterocycles. The molecule has 27 heavy (non-hydrogen) atoms. The lowest BCUT2D eigenvalue weighted by Gasteiger charge is -2.09. The second-order valence-electron chi connectivity index (χ2n) is 8.57. The van der Waals surface area contributed by atoms with E-state index in [1.54, 1.807) is 11.1 Å². The first-order valence-electron chi connectivity index (χ1n) is 12.4. The van der Waals surface area contributed by atoms with Crippen molar-refractivity contribution in [1.29, 1.82) is 0 Å². The van der Waals surface area contributed by atoms with Gasteiger partial charge in [-0.15, -0.1) is 0 Å². The number of hydrogen-bond acceptors (Lipinski definition) is 0. The Kier molecular flexibility index (Phi) is 16.7. The fourth-order valence-corrected chi connectivity index (χ4v) is 4.12. The predicted molar refractivity (Wildman–Crippen MR) is 124 cm³/mol. The Bertz CT molecular complexity index is 420. The van der Waals surface area contributed by atoms with Gasteiger partial charge in [0.15, 0.2) is 0 Å². The zero-order valence-electron chi connectivity index (χ0n) is 18.7. The van der Waals surface area contributed by atoms with Gasteiger partial charge in [-0.05, 0) is 36.8 Å². The van der Waals surface area contributed by atoms with Gasteiger partial charge >= 0.3 is 0 Å². The first-order valence-corrected chi connectivity index (χ1v) is 12.4. The minimum absolute atomic E-state index is 1.28. The highest BCUT2D eigenvalue weighted by Gasteiger charge is 2.02. The van der Waals surface area contributed by atoms with Crippen LogP contribution >= 0.6 is 0 Å². The van der Waals surface area contributed by atoms with Gasteiger partial charge < -0.3 is 0 Å². The third-order valence-corrected chi connectivity index (χ3v) is 5.97. The summed E-state index contributed by atoms with van der Waals surface area (Å²) in [6, 6.07) is 9.16. The third-order valence-electron chi connectivity index (χ3n) is 5.97. The zero-order valence-corrected chi connectivity index (χ0v) is 18.7. The van der Waals surface area contributed by atoms with E-state index in [9.17, 15) is 0 Å². The topological polar surface area (TPSA) is 0 Å². The van der Waals surface area contributed by atoms with E-state index < -0.39 is 0 Å². The summed E-state index contributed by atoms with van der Waals surface area (Å²) in [5.41, 5.74) is 3.23. The van der Waals surface area contributed by atoms with E-state index in [1.165, 1.54) is 122 Å². The van der Waals surface area contributed by atoms with E-state index in [0.29, 0.717) is 0 Å². The van der Waals surface area contributed by atoms with Gasteiger partial charge in [-0.3, -0.25) is 0 Å². The fraction of sp³-hybridized carbons (Fsp3) is 0.778. The van der Waals surface area contributed by atoms with Crippen molar-refractivity contribution in [2.24, 2.45) is 0 Å². The lowest BCUT2D eigenvalue weighted by Crippen LogP contribution is -1.95. The van der Waals surface area contributed by atoms with Crippen LogP contribution in [0.4, 0.5) is 0 Å². The molecule has 0 spiro atoms. The van der Waals surface area contributed by atoms with E-state index in [1.807, 2.05) is 0 Å². The molecular weight excluding hydrogens is 324 g/mol. The smallest absolute Gasteiger partial charge is 0.0276 e. The fourth-order valence-electron chi connectivity index (χ4n) is 4.12. The number of aryl methyl sites for hydroxylation is 2. The maximum Gasteiger partial charge on any atom is -0.0276 e. The lowest BCUT2D eigenvalue weighted by molar-refractivity contribution is 0.535. The number of rotatable bonds is 19. The summed E-state index contributed by atoms with van der Waals surface area (Å²) in [5.74, 6) is 0. The van der Waals surface area contributed by atoms with Gasteiger partial charge in [-0.25, -0.2) is 0 Å². The second kappa shape index (κ2) is 18.6. The summed E-state index contributed by atoms with van der Waals surface area (Å²) >= 11 is 0. The first-order chi connectivity index (χ1) is 13.4. The molecule has 0 aliphatic rings. The van der Waals surface area contributed by atoms with Gasteiger partial charge in [0.1, 0.15) is 0 Å². The van der Waals surface area contributed by atoms with Crippen LogP contribution in [0, 0.1) is 0 Å². The molecule has 0 atom stereocenters. The van der Waals surface area contributed by atoms with Crippen LogP contribution in [0.5, 0.6) is 0 Å². The molecule has 0 amide bonds. The van der Waals surface area contributed by atoms with E-state index in [-0.39, 0.29) is 0 Å². The molecule has 0 nitrogen and oxygen atoms in total. The quantitative estimate of drug-likeness (QED) is 0.212. The molecule has 0 aromatic heterocycles. The molecule has 0 unspecified atom stereocenters. The maximum absolute atomic E-state index is 2.36. The molecule has 1 rings (SSSR count). The maximum atomic E-state index is 2.36. The molecule has 0 aliphatic carbocycles. The van der Waals surface area contributed by atoms with Crippen molar-refractivity contribution < 1.29 is 0 Å². The van der Waals surface area contributed by atoms with E-state index >= 15 is 0 Å². The SMILES string of the molecule is CCCCCCCCCCCCCCCCc1ccccc1CCCCC. The van der Waals surface area contributed by atoms with Gasteiger partial charge in [-0.1, -0.05) is 134 Å². The van der Waals surface area contributed by atoms with Crippen LogP contribution < -0.4 is 0 Å². The van der Waals surface area contributed by atoms with Crippen molar-refractivity contribution in [3.8, 4) is 0 Å². The summed E-state index contributed by atoms with van der Waals surface area (Å²) in [6.07, 6.45) is 26.8. The average Bonchev–Trinajstić information content (AvgIpc) is 2.69. The van der Waals surface area contributed by atoms with Gasteiger partial charge in [0.05, 0.1) is 0 Å². The largest absolute Gasteiger partial charge is 0.0654 e. The monoisotopic (exact) mass is 372 g/mol. The first kappa shape index (κ1) is 24.3. The average molecular weight is 373 g/mol. The normalized spacial score (nSPS) is 11.2. The molecule has 0 N–H and O–H groups in total. The van der Waals surface area contributed by atoms with Crippen molar-refractivity contribution in [1.82, 2.24) is 0 Å². The molecule has 156 valence electrons. The predicted octanol–water partition coefficient (Wildman–Crippen LogP) is 9.44. The summed E-state index contributed by atoms with van der Waals surface area (Å²) in [4.78, 5) is 0. The van der Waals surface area contributed by atoms with Crippen molar-refractivity contribution in [3.63, 3.8) is 0 Å². The number of hydrogen-bond donors (Lipinski definition) is 0. The molecule has 0 heteroatoms. The molecule has 0 saturated carbocycles. The Morgan fingerprint density at radius 3 is 1.11 bits per heavy atom.